The van der Waals surface area contributed by atoms with Gasteiger partial charge in [0.05, 0.1) is 15.7 Å². The Morgan fingerprint density at radius 3 is 2.19 bits per heavy atom. The van der Waals surface area contributed by atoms with Crippen LogP contribution in [0.15, 0.2) is 12.1 Å². The van der Waals surface area contributed by atoms with Crippen molar-refractivity contribution in [1.29, 1.82) is 0 Å². The van der Waals surface area contributed by atoms with Crippen LogP contribution in [0, 0.1) is 0 Å². The van der Waals surface area contributed by atoms with E-state index in [0.717, 1.165) is 25.7 Å². The minimum Gasteiger partial charge on any atom is -0.478 e. The molecule has 0 aliphatic carbocycles. The van der Waals surface area contributed by atoms with E-state index in [0.29, 0.717) is 13.1 Å². The number of halogens is 2. The minimum absolute atomic E-state index is 0.0399. The fourth-order valence-corrected chi connectivity index (χ4v) is 2.79. The van der Waals surface area contributed by atoms with E-state index in [1.165, 1.54) is 12.1 Å². The lowest BCUT2D eigenvalue weighted by molar-refractivity contribution is 0.0698. The number of benzene rings is 1. The second-order valence-electron chi connectivity index (χ2n) is 4.92. The van der Waals surface area contributed by atoms with Crippen LogP contribution in [0.1, 0.15) is 36.0 Å². The number of hydrogen-bond acceptors (Lipinski definition) is 2. The van der Waals surface area contributed by atoms with Crippen molar-refractivity contribution in [3.63, 3.8) is 0 Å². The zero-order valence-electron chi connectivity index (χ0n) is 11.4. The lowest BCUT2D eigenvalue weighted by atomic mass is 10.1. The predicted octanol–water partition coefficient (Wildman–Crippen LogP) is 4.10. The monoisotopic (exact) mass is 330 g/mol. The number of aromatic carboxylic acids is 1. The molecule has 7 heteroatoms. The number of carboxylic acids is 1. The molecule has 2 rings (SSSR count). The van der Waals surface area contributed by atoms with Crippen molar-refractivity contribution < 1.29 is 14.7 Å². The summed E-state index contributed by atoms with van der Waals surface area (Å²) in [6.45, 7) is 1.32. The predicted molar refractivity (Wildman–Crippen MR) is 82.5 cm³/mol. The normalized spacial score (nSPS) is 15.4. The number of rotatable bonds is 2. The van der Waals surface area contributed by atoms with Gasteiger partial charge >= 0.3 is 12.0 Å². The van der Waals surface area contributed by atoms with Gasteiger partial charge in [-0.25, -0.2) is 9.59 Å². The van der Waals surface area contributed by atoms with Crippen LogP contribution < -0.4 is 5.32 Å². The smallest absolute Gasteiger partial charge is 0.339 e. The van der Waals surface area contributed by atoms with E-state index < -0.39 is 5.97 Å². The molecule has 1 aliphatic heterocycles. The Bertz CT molecular complexity index is 555. The van der Waals surface area contributed by atoms with E-state index in [9.17, 15) is 14.7 Å². The van der Waals surface area contributed by atoms with Gasteiger partial charge in [0.15, 0.2) is 0 Å². The third kappa shape index (κ3) is 3.80. The number of urea groups is 1. The Morgan fingerprint density at radius 2 is 1.62 bits per heavy atom. The van der Waals surface area contributed by atoms with Crippen molar-refractivity contribution >= 4 is 40.9 Å². The van der Waals surface area contributed by atoms with Crippen LogP contribution in [-0.4, -0.2) is 35.1 Å². The van der Waals surface area contributed by atoms with Crippen LogP contribution in [0.5, 0.6) is 0 Å². The number of anilines is 1. The minimum atomic E-state index is -1.23. The molecule has 2 N–H and O–H groups in total. The molecule has 1 heterocycles. The van der Waals surface area contributed by atoms with Crippen molar-refractivity contribution in [3.05, 3.63) is 27.7 Å². The van der Waals surface area contributed by atoms with Crippen molar-refractivity contribution in [2.45, 2.75) is 25.7 Å². The highest BCUT2D eigenvalue weighted by molar-refractivity contribution is 6.38. The van der Waals surface area contributed by atoms with Gasteiger partial charge in [0.25, 0.3) is 0 Å². The molecule has 0 saturated carbocycles. The number of amides is 2. The lowest BCUT2D eigenvalue weighted by Gasteiger charge is -2.22. The summed E-state index contributed by atoms with van der Waals surface area (Å²) in [6.07, 6.45) is 4.09. The van der Waals surface area contributed by atoms with Gasteiger partial charge in [-0.2, -0.15) is 0 Å². The van der Waals surface area contributed by atoms with Crippen LogP contribution in [0.3, 0.4) is 0 Å². The van der Waals surface area contributed by atoms with Gasteiger partial charge in [0.1, 0.15) is 5.56 Å². The Labute approximate surface area is 132 Å². The Kier molecular flexibility index (Phi) is 5.31. The maximum absolute atomic E-state index is 12.3. The van der Waals surface area contributed by atoms with E-state index in [-0.39, 0.29) is 27.3 Å². The lowest BCUT2D eigenvalue weighted by Crippen LogP contribution is -2.36. The highest BCUT2D eigenvalue weighted by atomic mass is 35.5. The van der Waals surface area contributed by atoms with Crippen LogP contribution in [0.2, 0.25) is 10.0 Å². The molecule has 21 heavy (non-hydrogen) atoms. The molecule has 0 atom stereocenters. The summed E-state index contributed by atoms with van der Waals surface area (Å²) < 4.78 is 0. The summed E-state index contributed by atoms with van der Waals surface area (Å²) in [7, 11) is 0. The molecule has 0 radical (unpaired) electrons. The molecular weight excluding hydrogens is 315 g/mol. The highest BCUT2D eigenvalue weighted by Gasteiger charge is 2.22. The van der Waals surface area contributed by atoms with Gasteiger partial charge in [-0.3, -0.25) is 0 Å². The summed E-state index contributed by atoms with van der Waals surface area (Å²) in [5, 5.41) is 12.0. The quantitative estimate of drug-likeness (QED) is 0.857. The van der Waals surface area contributed by atoms with Crippen LogP contribution in [0.4, 0.5) is 10.5 Å². The van der Waals surface area contributed by atoms with Crippen molar-refractivity contribution in [3.8, 4) is 0 Å². The topological polar surface area (TPSA) is 69.6 Å². The molecule has 2 amide bonds. The Hall–Kier alpha value is -1.46. The number of carbonyl (C=O) groups is 2. The largest absolute Gasteiger partial charge is 0.478 e. The van der Waals surface area contributed by atoms with Gasteiger partial charge in [-0.05, 0) is 25.0 Å². The van der Waals surface area contributed by atoms with Crippen LogP contribution in [-0.2, 0) is 0 Å². The van der Waals surface area contributed by atoms with Gasteiger partial charge < -0.3 is 15.3 Å². The van der Waals surface area contributed by atoms with Gasteiger partial charge in [-0.15, -0.1) is 0 Å². The van der Waals surface area contributed by atoms with Crippen molar-refractivity contribution in [1.82, 2.24) is 4.90 Å². The summed E-state index contributed by atoms with van der Waals surface area (Å²) in [4.78, 5) is 25.3. The molecule has 0 aromatic heterocycles. The maximum atomic E-state index is 12.3. The molecule has 1 aromatic carbocycles. The summed E-state index contributed by atoms with van der Waals surface area (Å²) >= 11 is 11.9. The van der Waals surface area contributed by atoms with E-state index in [2.05, 4.69) is 5.32 Å². The fraction of sp³-hybridized carbons (Fsp3) is 0.429. The first-order valence-electron chi connectivity index (χ1n) is 6.78. The van der Waals surface area contributed by atoms with Crippen LogP contribution >= 0.6 is 23.2 Å². The molecule has 0 unspecified atom stereocenters. The average molecular weight is 331 g/mol. The first-order valence-corrected chi connectivity index (χ1v) is 7.53. The second kappa shape index (κ2) is 7.00. The standard InChI is InChI=1S/C14H16Cl2N2O3/c15-9-5-6-10(16)12(11(9)13(19)20)17-14(21)18-7-3-1-2-4-8-18/h5-6H,1-4,7-8H2,(H,17,21)(H,19,20). The van der Waals surface area contributed by atoms with E-state index in [1.807, 2.05) is 0 Å². The molecular formula is C14H16Cl2N2O3. The zero-order valence-corrected chi connectivity index (χ0v) is 12.9. The summed E-state index contributed by atoms with van der Waals surface area (Å²) in [6, 6.07) is 2.52. The number of carbonyl (C=O) groups excluding carboxylic acids is 1. The third-order valence-electron chi connectivity index (χ3n) is 3.44. The summed E-state index contributed by atoms with van der Waals surface area (Å²) in [5.74, 6) is -1.23. The molecule has 1 fully saturated rings. The zero-order chi connectivity index (χ0) is 15.4. The van der Waals surface area contributed by atoms with Crippen molar-refractivity contribution in [2.75, 3.05) is 18.4 Å². The van der Waals surface area contributed by atoms with Gasteiger partial charge in [-0.1, -0.05) is 36.0 Å². The molecule has 114 valence electrons. The van der Waals surface area contributed by atoms with Gasteiger partial charge in [0, 0.05) is 13.1 Å². The summed E-state index contributed by atoms with van der Waals surface area (Å²) in [5.41, 5.74) is -0.141. The molecule has 1 aromatic rings. The van der Waals surface area contributed by atoms with Crippen LogP contribution in [0.25, 0.3) is 0 Å². The average Bonchev–Trinajstić information content (AvgIpc) is 2.71. The number of nitrogens with zero attached hydrogens (tertiary/aromatic N) is 1. The number of likely N-dealkylation sites (tertiary alicyclic amines) is 1. The Morgan fingerprint density at radius 1 is 1.05 bits per heavy atom. The first kappa shape index (κ1) is 15.9. The van der Waals surface area contributed by atoms with Crippen molar-refractivity contribution in [2.24, 2.45) is 0 Å². The Balaban J connectivity index is 2.24. The molecule has 0 bridgehead atoms. The molecule has 5 nitrogen and oxygen atoms in total. The highest BCUT2D eigenvalue weighted by Crippen LogP contribution is 2.32. The van der Waals surface area contributed by atoms with Gasteiger partial charge in [0.2, 0.25) is 0 Å². The van der Waals surface area contributed by atoms with E-state index in [4.69, 9.17) is 23.2 Å². The fourth-order valence-electron chi connectivity index (χ4n) is 2.34. The van der Waals surface area contributed by atoms with E-state index >= 15 is 0 Å². The third-order valence-corrected chi connectivity index (χ3v) is 4.07. The molecule has 1 saturated heterocycles. The number of hydrogen-bond donors (Lipinski definition) is 2. The maximum Gasteiger partial charge on any atom is 0.339 e. The van der Waals surface area contributed by atoms with E-state index in [1.54, 1.807) is 4.90 Å². The number of nitrogens with one attached hydrogen (secondary N) is 1. The number of carboxylic acid groups (broad SMARTS) is 1. The SMILES string of the molecule is O=C(O)c1c(Cl)ccc(Cl)c1NC(=O)N1CCCCCC1. The molecule has 0 spiro atoms. The second-order valence-corrected chi connectivity index (χ2v) is 5.73. The molecule has 1 aliphatic rings. The first-order chi connectivity index (χ1) is 10.0.